The van der Waals surface area contributed by atoms with Crippen LogP contribution in [0.25, 0.3) is 0 Å². The van der Waals surface area contributed by atoms with Crippen LogP contribution < -0.4 is 0 Å². The molecule has 0 heterocycles. The first-order valence-electron chi connectivity index (χ1n) is 3.36. The lowest BCUT2D eigenvalue weighted by Crippen LogP contribution is -1.73. The molecule has 0 fully saturated rings. The van der Waals surface area contributed by atoms with E-state index >= 15 is 0 Å². The van der Waals surface area contributed by atoms with Crippen molar-refractivity contribution in [2.45, 2.75) is 6.85 Å². The molecule has 0 aliphatic rings. The first-order valence-corrected chi connectivity index (χ1v) is 0.862. The van der Waals surface area contributed by atoms with Crippen LogP contribution >= 0.6 is 0 Å². The Kier molecular flexibility index (Phi) is 0.405. The monoisotopic (exact) mass is 65.1 g/mol. The highest BCUT2D eigenvalue weighted by Crippen LogP contribution is 1.52. The summed E-state index contributed by atoms with van der Waals surface area (Å²) in [4.78, 5) is 0. The standard InChI is InChI=1S/C3H8O/c1-3-4-2/h3H2,1-2H3/i1D3,3D2. The second kappa shape index (κ2) is 2.96. The van der Waals surface area contributed by atoms with E-state index in [0.29, 0.717) is 0 Å². The van der Waals surface area contributed by atoms with E-state index in [9.17, 15) is 0 Å². The lowest BCUT2D eigenvalue weighted by Gasteiger charge is -1.76. The zero-order valence-electron chi connectivity index (χ0n) is 7.41. The quantitative estimate of drug-likeness (QED) is 0.436. The molecule has 0 aromatic heterocycles. The van der Waals surface area contributed by atoms with Gasteiger partial charge >= 0.3 is 0 Å². The number of hydrogen-bond acceptors (Lipinski definition) is 1. The van der Waals surface area contributed by atoms with E-state index < -0.39 is 13.4 Å². The van der Waals surface area contributed by atoms with Crippen molar-refractivity contribution in [3.63, 3.8) is 0 Å². The van der Waals surface area contributed by atoms with E-state index in [4.69, 9.17) is 6.85 Å². The molecule has 0 aromatic carbocycles. The molecule has 0 aliphatic heterocycles. The van der Waals surface area contributed by atoms with Crippen LogP contribution in [-0.4, -0.2) is 13.7 Å². The molecule has 0 unspecified atom stereocenters. The number of methoxy groups -OCH3 is 1. The van der Waals surface area contributed by atoms with Gasteiger partial charge in [-0.1, -0.05) is 0 Å². The topological polar surface area (TPSA) is 9.23 Å². The average molecular weight is 65.1 g/mol. The van der Waals surface area contributed by atoms with Gasteiger partial charge < -0.3 is 4.74 Å². The van der Waals surface area contributed by atoms with Crippen molar-refractivity contribution in [3.05, 3.63) is 0 Å². The predicted molar refractivity (Wildman–Crippen MR) is 17.6 cm³/mol. The Balaban J connectivity index is 4.14. The molecule has 4 heavy (non-hydrogen) atoms. The minimum Gasteiger partial charge on any atom is -0.385 e. The zero-order valence-corrected chi connectivity index (χ0v) is 2.41. The fraction of sp³-hybridized carbons (Fsp3) is 1.00. The lowest BCUT2D eigenvalue weighted by atomic mass is 10.9. The van der Waals surface area contributed by atoms with Gasteiger partial charge in [-0.3, -0.25) is 0 Å². The molecule has 0 radical (unpaired) electrons. The first kappa shape index (κ1) is 0.548. The van der Waals surface area contributed by atoms with Crippen LogP contribution in [0.5, 0.6) is 0 Å². The molecule has 1 nitrogen and oxygen atoms in total. The van der Waals surface area contributed by atoms with Gasteiger partial charge in [0.2, 0.25) is 0 Å². The molecular weight excluding hydrogens is 52.0 g/mol. The van der Waals surface area contributed by atoms with Crippen molar-refractivity contribution in [1.29, 1.82) is 0 Å². The molecule has 0 atom stereocenters. The number of hydrogen-bond donors (Lipinski definition) is 0. The fourth-order valence-electron chi connectivity index (χ4n) is 0. The molecule has 0 rings (SSSR count). The highest BCUT2D eigenvalue weighted by atomic mass is 16.5. The zero-order chi connectivity index (χ0) is 7.71. The van der Waals surface area contributed by atoms with E-state index in [1.807, 2.05) is 0 Å². The summed E-state index contributed by atoms with van der Waals surface area (Å²) in [6.45, 7) is -5.21. The second-order valence-electron chi connectivity index (χ2n) is 0.306. The molecule has 0 saturated carbocycles. The maximum atomic E-state index is 6.71. The molecular formula is C3H8O. The molecule has 0 amide bonds. The van der Waals surface area contributed by atoms with E-state index in [-0.39, 0.29) is 0 Å². The smallest absolute Gasteiger partial charge is 0.0563 e. The van der Waals surface area contributed by atoms with E-state index in [1.165, 1.54) is 0 Å². The molecule has 0 saturated heterocycles. The Bertz CT molecular complexity index is 94.9. The van der Waals surface area contributed by atoms with Crippen LogP contribution in [0.3, 0.4) is 0 Å². The van der Waals surface area contributed by atoms with Gasteiger partial charge in [0.05, 0.1) is 2.74 Å². The Labute approximate surface area is 33.6 Å². The normalized spacial score (nSPS) is 32.8. The number of rotatable bonds is 1. The molecule has 0 N–H and O–H groups in total. The molecule has 0 bridgehead atoms. The average Bonchev–Trinajstić information content (AvgIpc) is 1.64. The summed E-state index contributed by atoms with van der Waals surface area (Å²) in [7, 11) is 1.02. The summed E-state index contributed by atoms with van der Waals surface area (Å²) in [6, 6.07) is 0. The van der Waals surface area contributed by atoms with Gasteiger partial charge in [-0.2, -0.15) is 0 Å². The minimum absolute atomic E-state index is 1.02. The summed E-state index contributed by atoms with van der Waals surface area (Å²) in [6.07, 6.45) is 0. The molecule has 0 spiro atoms. The van der Waals surface area contributed by atoms with E-state index in [2.05, 4.69) is 4.74 Å². The maximum Gasteiger partial charge on any atom is 0.0563 e. The van der Waals surface area contributed by atoms with Gasteiger partial charge in [0.1, 0.15) is 0 Å². The van der Waals surface area contributed by atoms with Gasteiger partial charge in [0.15, 0.2) is 0 Å². The minimum atomic E-state index is -2.69. The molecule has 1 heteroatoms. The highest BCUT2D eigenvalue weighted by molar-refractivity contribution is 3.94. The largest absolute Gasteiger partial charge is 0.385 e. The van der Waals surface area contributed by atoms with Crippen LogP contribution in [0.1, 0.15) is 13.7 Å². The van der Waals surface area contributed by atoms with Crippen LogP contribution in [0.15, 0.2) is 0 Å². The van der Waals surface area contributed by atoms with Crippen molar-refractivity contribution in [2.75, 3.05) is 13.7 Å². The summed E-state index contributed by atoms with van der Waals surface area (Å²) in [5.74, 6) is 0. The Morgan fingerprint density at radius 1 is 2.50 bits per heavy atom. The van der Waals surface area contributed by atoms with Gasteiger partial charge in [-0.15, -0.1) is 0 Å². The van der Waals surface area contributed by atoms with Crippen molar-refractivity contribution >= 4 is 0 Å². The molecule has 0 aromatic rings. The van der Waals surface area contributed by atoms with Crippen LogP contribution in [0.4, 0.5) is 0 Å². The maximum absolute atomic E-state index is 6.71. The molecule has 26 valence electrons. The third kappa shape index (κ3) is 1.96. The SMILES string of the molecule is [2H]C([2H])([2H])C([2H])([2H])OC. The lowest BCUT2D eigenvalue weighted by molar-refractivity contribution is 0.215. The first-order chi connectivity index (χ1) is 3.81. The van der Waals surface area contributed by atoms with Crippen LogP contribution in [0.2, 0.25) is 0 Å². The fourth-order valence-corrected chi connectivity index (χ4v) is 0. The third-order valence-electron chi connectivity index (χ3n) is 0.102. The summed E-state index contributed by atoms with van der Waals surface area (Å²) in [5.41, 5.74) is 0. The summed E-state index contributed by atoms with van der Waals surface area (Å²) in [5, 5.41) is 0. The van der Waals surface area contributed by atoms with Gasteiger partial charge in [0.25, 0.3) is 0 Å². The van der Waals surface area contributed by atoms with Gasteiger partial charge in [0, 0.05) is 17.8 Å². The van der Waals surface area contributed by atoms with E-state index in [1.54, 1.807) is 0 Å². The number of ether oxygens (including phenoxy) is 1. The summed E-state index contributed by atoms with van der Waals surface area (Å²) < 4.78 is 37.2. The second-order valence-corrected chi connectivity index (χ2v) is 0.306. The van der Waals surface area contributed by atoms with Crippen molar-refractivity contribution in [2.24, 2.45) is 0 Å². The van der Waals surface area contributed by atoms with Crippen molar-refractivity contribution in [1.82, 2.24) is 0 Å². The van der Waals surface area contributed by atoms with Gasteiger partial charge in [-0.25, -0.2) is 0 Å². The van der Waals surface area contributed by atoms with Crippen molar-refractivity contribution < 1.29 is 11.6 Å². The van der Waals surface area contributed by atoms with Crippen LogP contribution in [0, 0.1) is 0 Å². The molecule has 0 aliphatic carbocycles. The Morgan fingerprint density at radius 2 is 3.25 bits per heavy atom. The third-order valence-corrected chi connectivity index (χ3v) is 0.102. The Morgan fingerprint density at radius 3 is 3.25 bits per heavy atom. The van der Waals surface area contributed by atoms with E-state index in [0.717, 1.165) is 7.11 Å². The van der Waals surface area contributed by atoms with Gasteiger partial charge in [-0.05, 0) is 6.85 Å². The highest BCUT2D eigenvalue weighted by Gasteiger charge is 1.51. The van der Waals surface area contributed by atoms with Crippen molar-refractivity contribution in [3.8, 4) is 0 Å². The summed E-state index contributed by atoms with van der Waals surface area (Å²) >= 11 is 0. The van der Waals surface area contributed by atoms with Crippen LogP contribution in [-0.2, 0) is 4.74 Å². The Hall–Kier alpha value is -0.0400. The predicted octanol–water partition coefficient (Wildman–Crippen LogP) is 0.653.